The third-order valence-electron chi connectivity index (χ3n) is 9.17. The van der Waals surface area contributed by atoms with E-state index in [-0.39, 0.29) is 11.8 Å². The molecule has 3 aromatic rings. The number of likely N-dealkylation sites (N-methyl/N-ethyl adjacent to an activating group) is 1. The predicted octanol–water partition coefficient (Wildman–Crippen LogP) is 5.54. The summed E-state index contributed by atoms with van der Waals surface area (Å²) < 4.78 is 28.5. The molecular weight excluding hydrogens is 520 g/mol. The molecule has 2 aliphatic heterocycles. The van der Waals surface area contributed by atoms with Gasteiger partial charge in [0.1, 0.15) is 0 Å². The maximum atomic E-state index is 14.5. The molecule has 2 fully saturated rings. The van der Waals surface area contributed by atoms with Gasteiger partial charge in [0.15, 0.2) is 11.6 Å². The van der Waals surface area contributed by atoms with E-state index < -0.39 is 22.5 Å². The Kier molecular flexibility index (Phi) is 8.55. The number of nitrogens with zero attached hydrogens (tertiary/aromatic N) is 3. The highest BCUT2D eigenvalue weighted by Crippen LogP contribution is 2.41. The molecule has 1 atom stereocenters. The second-order valence-corrected chi connectivity index (χ2v) is 11.9. The number of hydrogen-bond acceptors (Lipinski definition) is 3. The number of amides is 2. The molecule has 0 aromatic heterocycles. The highest BCUT2D eigenvalue weighted by Gasteiger charge is 2.45. The normalized spacial score (nSPS) is 21.1. The van der Waals surface area contributed by atoms with Crippen molar-refractivity contribution in [2.45, 2.75) is 49.5 Å². The summed E-state index contributed by atoms with van der Waals surface area (Å²) in [6.45, 7) is 3.20. The van der Waals surface area contributed by atoms with Gasteiger partial charge in [-0.1, -0.05) is 66.7 Å². The quantitative estimate of drug-likeness (QED) is 0.364. The van der Waals surface area contributed by atoms with Crippen LogP contribution in [0.2, 0.25) is 0 Å². The number of hydrogen-bond donors (Lipinski definition) is 0. The molecule has 0 spiro atoms. The fourth-order valence-corrected chi connectivity index (χ4v) is 6.74. The van der Waals surface area contributed by atoms with Crippen molar-refractivity contribution >= 4 is 11.8 Å². The number of carbonyl (C=O) groups is 2. The van der Waals surface area contributed by atoms with Crippen LogP contribution in [0.4, 0.5) is 8.78 Å². The molecule has 216 valence electrons. The third-order valence-corrected chi connectivity index (χ3v) is 9.17. The van der Waals surface area contributed by atoms with Crippen LogP contribution in [0.15, 0.2) is 78.9 Å². The zero-order valence-corrected chi connectivity index (χ0v) is 24.0. The highest BCUT2D eigenvalue weighted by molar-refractivity contribution is 5.88. The van der Waals surface area contributed by atoms with Crippen LogP contribution in [0.3, 0.4) is 0 Å². The molecule has 0 bridgehead atoms. The predicted molar refractivity (Wildman–Crippen MR) is 156 cm³/mol. The number of likely N-dealkylation sites (tertiary alicyclic amines) is 2. The lowest BCUT2D eigenvalue weighted by atomic mass is 9.70. The Morgan fingerprint density at radius 3 is 2.15 bits per heavy atom. The maximum absolute atomic E-state index is 14.5. The van der Waals surface area contributed by atoms with E-state index in [1.54, 1.807) is 11.0 Å². The molecule has 2 amide bonds. The summed E-state index contributed by atoms with van der Waals surface area (Å²) in [7, 11) is 3.63. The van der Waals surface area contributed by atoms with Crippen LogP contribution in [0.1, 0.15) is 48.8 Å². The van der Waals surface area contributed by atoms with Gasteiger partial charge in [-0.25, -0.2) is 8.78 Å². The first-order valence-electron chi connectivity index (χ1n) is 14.5. The van der Waals surface area contributed by atoms with E-state index in [0.29, 0.717) is 45.2 Å². The van der Waals surface area contributed by atoms with Gasteiger partial charge in [-0.2, -0.15) is 0 Å². The average molecular weight is 560 g/mol. The van der Waals surface area contributed by atoms with Crippen LogP contribution in [0, 0.1) is 11.6 Å². The van der Waals surface area contributed by atoms with Gasteiger partial charge in [-0.05, 0) is 74.1 Å². The van der Waals surface area contributed by atoms with E-state index >= 15 is 0 Å². The molecule has 0 aliphatic carbocycles. The summed E-state index contributed by atoms with van der Waals surface area (Å²) in [5, 5.41) is 0. The zero-order valence-electron chi connectivity index (χ0n) is 24.0. The molecule has 2 saturated heterocycles. The molecule has 2 aliphatic rings. The summed E-state index contributed by atoms with van der Waals surface area (Å²) in [4.78, 5) is 32.4. The van der Waals surface area contributed by atoms with E-state index in [2.05, 4.69) is 17.0 Å². The Hall–Kier alpha value is -3.58. The topological polar surface area (TPSA) is 43.9 Å². The molecule has 3 aromatic carbocycles. The fourth-order valence-electron chi connectivity index (χ4n) is 6.74. The number of halogens is 2. The largest absolute Gasteiger partial charge is 0.348 e. The van der Waals surface area contributed by atoms with E-state index in [4.69, 9.17) is 0 Å². The van der Waals surface area contributed by atoms with Gasteiger partial charge in [0.2, 0.25) is 11.8 Å². The molecule has 0 N–H and O–H groups in total. The lowest BCUT2D eigenvalue weighted by Gasteiger charge is -2.46. The molecule has 7 heteroatoms. The molecule has 0 radical (unpaired) electrons. The summed E-state index contributed by atoms with van der Waals surface area (Å²) in [5.41, 5.74) is 1.79. The SMILES string of the molecule is CN(C)C(=O)C1(c2ccccc2)CCN(CCC2(c3ccc(F)c(F)c3)CCC(=O)N(Cc3ccccc3)C2)CC1. The molecular formula is C34H39F2N3O2. The van der Waals surface area contributed by atoms with Crippen LogP contribution < -0.4 is 0 Å². The van der Waals surface area contributed by atoms with Gasteiger partial charge in [0, 0.05) is 39.0 Å². The van der Waals surface area contributed by atoms with Gasteiger partial charge in [-0.15, -0.1) is 0 Å². The molecule has 0 saturated carbocycles. The third kappa shape index (κ3) is 6.05. The Bertz CT molecular complexity index is 1360. The lowest BCUT2D eigenvalue weighted by Crippen LogP contribution is -2.53. The van der Waals surface area contributed by atoms with Crippen LogP contribution >= 0.6 is 0 Å². The number of benzene rings is 3. The molecule has 41 heavy (non-hydrogen) atoms. The Labute approximate surface area is 241 Å². The monoisotopic (exact) mass is 559 g/mol. The first-order chi connectivity index (χ1) is 19.7. The van der Waals surface area contributed by atoms with Crippen LogP contribution in [-0.2, 0) is 27.0 Å². The second-order valence-electron chi connectivity index (χ2n) is 11.9. The van der Waals surface area contributed by atoms with Crippen LogP contribution in [0.25, 0.3) is 0 Å². The van der Waals surface area contributed by atoms with E-state index in [9.17, 15) is 18.4 Å². The minimum absolute atomic E-state index is 0.0832. The first-order valence-corrected chi connectivity index (χ1v) is 14.5. The van der Waals surface area contributed by atoms with Crippen molar-refractivity contribution in [1.82, 2.24) is 14.7 Å². The molecule has 5 rings (SSSR count). The number of rotatable bonds is 8. The smallest absolute Gasteiger partial charge is 0.232 e. The summed E-state index contributed by atoms with van der Waals surface area (Å²) in [6, 6.07) is 24.1. The summed E-state index contributed by atoms with van der Waals surface area (Å²) >= 11 is 0. The van der Waals surface area contributed by atoms with Crippen molar-refractivity contribution < 1.29 is 18.4 Å². The van der Waals surface area contributed by atoms with Gasteiger partial charge in [0.25, 0.3) is 0 Å². The van der Waals surface area contributed by atoms with Gasteiger partial charge in [0.05, 0.1) is 5.41 Å². The van der Waals surface area contributed by atoms with E-state index in [0.717, 1.165) is 36.3 Å². The Morgan fingerprint density at radius 1 is 0.854 bits per heavy atom. The summed E-state index contributed by atoms with van der Waals surface area (Å²) in [5.74, 6) is -1.51. The minimum atomic E-state index is -0.865. The lowest BCUT2D eigenvalue weighted by molar-refractivity contribution is -0.137. The van der Waals surface area contributed by atoms with Gasteiger partial charge < -0.3 is 14.7 Å². The van der Waals surface area contributed by atoms with Crippen LogP contribution in [-0.4, -0.2) is 66.8 Å². The number of piperidine rings is 2. The van der Waals surface area contributed by atoms with Crippen molar-refractivity contribution in [2.24, 2.45) is 0 Å². The first kappa shape index (κ1) is 28.9. The Morgan fingerprint density at radius 2 is 1.51 bits per heavy atom. The molecule has 2 heterocycles. The average Bonchev–Trinajstić information content (AvgIpc) is 3.00. The maximum Gasteiger partial charge on any atom is 0.232 e. The summed E-state index contributed by atoms with van der Waals surface area (Å²) in [6.07, 6.45) is 3.08. The fraction of sp³-hybridized carbons (Fsp3) is 0.412. The van der Waals surface area contributed by atoms with Crippen molar-refractivity contribution in [3.8, 4) is 0 Å². The zero-order chi connectivity index (χ0) is 29.0. The van der Waals surface area contributed by atoms with Crippen molar-refractivity contribution in [3.63, 3.8) is 0 Å². The minimum Gasteiger partial charge on any atom is -0.348 e. The second kappa shape index (κ2) is 12.1. The Balaban J connectivity index is 1.36. The number of carbonyl (C=O) groups excluding carboxylic acids is 2. The van der Waals surface area contributed by atoms with Gasteiger partial charge in [-0.3, -0.25) is 9.59 Å². The van der Waals surface area contributed by atoms with Gasteiger partial charge >= 0.3 is 0 Å². The molecule has 5 nitrogen and oxygen atoms in total. The highest BCUT2D eigenvalue weighted by atomic mass is 19.2. The van der Waals surface area contributed by atoms with Crippen molar-refractivity contribution in [3.05, 3.63) is 107 Å². The van der Waals surface area contributed by atoms with Crippen molar-refractivity contribution in [1.29, 1.82) is 0 Å². The molecule has 1 unspecified atom stereocenters. The van der Waals surface area contributed by atoms with E-state index in [1.807, 2.05) is 67.5 Å². The van der Waals surface area contributed by atoms with E-state index in [1.165, 1.54) is 12.1 Å². The standard InChI is InChI=1S/C34H39F2N3O2/c1-37(2)32(41)34(27-11-7-4-8-12-27)18-21-38(22-19-34)20-17-33(28-13-14-29(35)30(36)23-28)16-15-31(40)39(25-33)24-26-9-5-3-6-10-26/h3-14,23H,15-22,24-25H2,1-2H3. The van der Waals surface area contributed by atoms with Crippen molar-refractivity contribution in [2.75, 3.05) is 40.3 Å². The van der Waals surface area contributed by atoms with Crippen LogP contribution in [0.5, 0.6) is 0 Å².